The lowest BCUT2D eigenvalue weighted by Crippen LogP contribution is -2.41. The number of aliphatic imine (C=N–C) groups is 1. The van der Waals surface area contributed by atoms with Gasteiger partial charge in [-0.3, -0.25) is 4.99 Å². The molecule has 1 heterocycles. The van der Waals surface area contributed by atoms with E-state index >= 15 is 0 Å². The predicted octanol–water partition coefficient (Wildman–Crippen LogP) is 2.87. The molecule has 0 aromatic carbocycles. The summed E-state index contributed by atoms with van der Waals surface area (Å²) in [5.74, 6) is 1.87. The largest absolute Gasteiger partial charge is 0.357 e. The van der Waals surface area contributed by atoms with Crippen LogP contribution in [-0.4, -0.2) is 75.7 Å². The highest BCUT2D eigenvalue weighted by Gasteiger charge is 2.18. The standard InChI is InChI=1S/C19H41N5.HI/c1-7-20-18(22-15-19(3,4)16-23(5)6)21-11-8-12-24-13-9-17(2)10-14-24;/h17H,7-16H2,1-6H3,(H2,20,21,22);1H. The molecule has 0 radical (unpaired) electrons. The van der Waals surface area contributed by atoms with E-state index in [1.165, 1.54) is 38.9 Å². The molecule has 2 N–H and O–H groups in total. The number of hydrogen-bond acceptors (Lipinski definition) is 3. The van der Waals surface area contributed by atoms with Crippen LogP contribution in [0.1, 0.15) is 47.0 Å². The van der Waals surface area contributed by atoms with Gasteiger partial charge in [-0.15, -0.1) is 24.0 Å². The molecule has 0 saturated carbocycles. The van der Waals surface area contributed by atoms with E-state index in [-0.39, 0.29) is 29.4 Å². The maximum absolute atomic E-state index is 4.79. The maximum Gasteiger partial charge on any atom is 0.191 e. The molecular formula is C19H42IN5. The lowest BCUT2D eigenvalue weighted by Gasteiger charge is -2.30. The molecule has 0 atom stereocenters. The summed E-state index contributed by atoms with van der Waals surface area (Å²) < 4.78 is 0. The van der Waals surface area contributed by atoms with E-state index in [4.69, 9.17) is 4.99 Å². The second kappa shape index (κ2) is 13.1. The third kappa shape index (κ3) is 12.0. The minimum atomic E-state index is 0. The van der Waals surface area contributed by atoms with E-state index in [0.29, 0.717) is 0 Å². The van der Waals surface area contributed by atoms with Crippen molar-refractivity contribution in [1.82, 2.24) is 20.4 Å². The van der Waals surface area contributed by atoms with Crippen molar-refractivity contribution in [3.63, 3.8) is 0 Å². The Morgan fingerprint density at radius 1 is 1.20 bits per heavy atom. The summed E-state index contributed by atoms with van der Waals surface area (Å²) in [5.41, 5.74) is 0.191. The molecule has 0 unspecified atom stereocenters. The minimum Gasteiger partial charge on any atom is -0.357 e. The Bertz CT molecular complexity index is 363. The van der Waals surface area contributed by atoms with Crippen LogP contribution in [0.15, 0.2) is 4.99 Å². The van der Waals surface area contributed by atoms with Crippen molar-refractivity contribution in [3.05, 3.63) is 0 Å². The summed E-state index contributed by atoms with van der Waals surface area (Å²) in [7, 11) is 4.24. The Labute approximate surface area is 173 Å². The second-order valence-electron chi connectivity index (χ2n) is 8.40. The molecule has 0 aromatic rings. The number of rotatable bonds is 9. The van der Waals surface area contributed by atoms with E-state index in [9.17, 15) is 0 Å². The monoisotopic (exact) mass is 467 g/mol. The summed E-state index contributed by atoms with van der Waals surface area (Å²) in [5, 5.41) is 6.86. The zero-order chi connectivity index (χ0) is 18.0. The van der Waals surface area contributed by atoms with Gasteiger partial charge in [-0.1, -0.05) is 20.8 Å². The molecule has 0 aliphatic carbocycles. The molecule has 1 aliphatic heterocycles. The third-order valence-corrected chi connectivity index (χ3v) is 4.57. The van der Waals surface area contributed by atoms with Crippen molar-refractivity contribution in [2.75, 3.05) is 59.9 Å². The van der Waals surface area contributed by atoms with E-state index in [0.717, 1.165) is 38.1 Å². The van der Waals surface area contributed by atoms with Crippen molar-refractivity contribution >= 4 is 29.9 Å². The minimum absolute atomic E-state index is 0. The van der Waals surface area contributed by atoms with Crippen LogP contribution in [0.25, 0.3) is 0 Å². The zero-order valence-corrected chi connectivity index (χ0v) is 19.7. The molecule has 25 heavy (non-hydrogen) atoms. The highest BCUT2D eigenvalue weighted by Crippen LogP contribution is 2.16. The topological polar surface area (TPSA) is 42.9 Å². The Balaban J connectivity index is 0.00000576. The number of nitrogens with one attached hydrogen (secondary N) is 2. The Kier molecular flexibility index (Phi) is 13.1. The van der Waals surface area contributed by atoms with Crippen LogP contribution in [0.3, 0.4) is 0 Å². The molecule has 1 rings (SSSR count). The summed E-state index contributed by atoms with van der Waals surface area (Å²) in [6, 6.07) is 0. The predicted molar refractivity (Wildman–Crippen MR) is 121 cm³/mol. The lowest BCUT2D eigenvalue weighted by atomic mass is 9.93. The van der Waals surface area contributed by atoms with Crippen LogP contribution in [0.2, 0.25) is 0 Å². The van der Waals surface area contributed by atoms with Gasteiger partial charge in [0.15, 0.2) is 5.96 Å². The van der Waals surface area contributed by atoms with Gasteiger partial charge in [-0.2, -0.15) is 0 Å². The fourth-order valence-corrected chi connectivity index (χ4v) is 3.34. The summed E-state index contributed by atoms with van der Waals surface area (Å²) >= 11 is 0. The molecule has 150 valence electrons. The molecular weight excluding hydrogens is 425 g/mol. The number of likely N-dealkylation sites (tertiary alicyclic amines) is 1. The van der Waals surface area contributed by atoms with E-state index < -0.39 is 0 Å². The van der Waals surface area contributed by atoms with E-state index in [1.54, 1.807) is 0 Å². The van der Waals surface area contributed by atoms with E-state index in [2.05, 4.69) is 62.2 Å². The zero-order valence-electron chi connectivity index (χ0n) is 17.4. The molecule has 1 fully saturated rings. The average molecular weight is 467 g/mol. The van der Waals surface area contributed by atoms with Crippen molar-refractivity contribution in [2.24, 2.45) is 16.3 Å². The smallest absolute Gasteiger partial charge is 0.191 e. The van der Waals surface area contributed by atoms with Crippen LogP contribution in [0, 0.1) is 11.3 Å². The fraction of sp³-hybridized carbons (Fsp3) is 0.947. The number of hydrogen-bond donors (Lipinski definition) is 2. The number of piperidine rings is 1. The summed E-state index contributed by atoms with van der Waals surface area (Å²) in [6.45, 7) is 16.6. The first-order valence-electron chi connectivity index (χ1n) is 9.71. The van der Waals surface area contributed by atoms with Gasteiger partial charge in [-0.05, 0) is 71.2 Å². The van der Waals surface area contributed by atoms with Gasteiger partial charge in [0.25, 0.3) is 0 Å². The molecule has 0 amide bonds. The van der Waals surface area contributed by atoms with Crippen molar-refractivity contribution in [2.45, 2.75) is 47.0 Å². The van der Waals surface area contributed by atoms with Gasteiger partial charge >= 0.3 is 0 Å². The van der Waals surface area contributed by atoms with Gasteiger partial charge < -0.3 is 20.4 Å². The number of halogens is 1. The highest BCUT2D eigenvalue weighted by atomic mass is 127. The Morgan fingerprint density at radius 3 is 2.40 bits per heavy atom. The van der Waals surface area contributed by atoms with Crippen LogP contribution in [-0.2, 0) is 0 Å². The molecule has 0 bridgehead atoms. The molecule has 6 heteroatoms. The van der Waals surface area contributed by atoms with Gasteiger partial charge in [0.05, 0.1) is 0 Å². The second-order valence-corrected chi connectivity index (χ2v) is 8.40. The van der Waals surface area contributed by atoms with Gasteiger partial charge in [0.1, 0.15) is 0 Å². The Hall–Kier alpha value is -0.0800. The molecule has 5 nitrogen and oxygen atoms in total. The van der Waals surface area contributed by atoms with Crippen LogP contribution >= 0.6 is 24.0 Å². The van der Waals surface area contributed by atoms with Crippen LogP contribution in [0.4, 0.5) is 0 Å². The maximum atomic E-state index is 4.79. The first-order chi connectivity index (χ1) is 11.3. The third-order valence-electron chi connectivity index (χ3n) is 4.57. The highest BCUT2D eigenvalue weighted by molar-refractivity contribution is 14.0. The molecule has 1 aliphatic rings. The average Bonchev–Trinajstić information content (AvgIpc) is 2.49. The SMILES string of the molecule is CCNC(=NCC(C)(C)CN(C)C)NCCCN1CCC(C)CC1.I. The fourth-order valence-electron chi connectivity index (χ4n) is 3.34. The van der Waals surface area contributed by atoms with Crippen molar-refractivity contribution in [3.8, 4) is 0 Å². The lowest BCUT2D eigenvalue weighted by molar-refractivity contribution is 0.191. The quantitative estimate of drug-likeness (QED) is 0.237. The number of guanidine groups is 1. The van der Waals surface area contributed by atoms with E-state index in [1.807, 2.05) is 0 Å². The molecule has 0 aromatic heterocycles. The van der Waals surface area contributed by atoms with Crippen LogP contribution in [0.5, 0.6) is 0 Å². The molecule has 0 spiro atoms. The Morgan fingerprint density at radius 2 is 1.84 bits per heavy atom. The van der Waals surface area contributed by atoms with Gasteiger partial charge in [0, 0.05) is 26.2 Å². The van der Waals surface area contributed by atoms with Crippen molar-refractivity contribution in [1.29, 1.82) is 0 Å². The molecule has 1 saturated heterocycles. The van der Waals surface area contributed by atoms with Crippen LogP contribution < -0.4 is 10.6 Å². The van der Waals surface area contributed by atoms with Gasteiger partial charge in [0.2, 0.25) is 0 Å². The summed E-state index contributed by atoms with van der Waals surface area (Å²) in [6.07, 6.45) is 3.90. The van der Waals surface area contributed by atoms with Crippen molar-refractivity contribution < 1.29 is 0 Å². The number of nitrogens with zero attached hydrogens (tertiary/aromatic N) is 3. The summed E-state index contributed by atoms with van der Waals surface area (Å²) in [4.78, 5) is 9.62. The van der Waals surface area contributed by atoms with Gasteiger partial charge in [-0.25, -0.2) is 0 Å². The normalized spacial score (nSPS) is 17.5. The first-order valence-corrected chi connectivity index (χ1v) is 9.71. The first kappa shape index (κ1) is 24.9.